The van der Waals surface area contributed by atoms with Crippen LogP contribution in [-0.2, 0) is 0 Å². The van der Waals surface area contributed by atoms with Crippen LogP contribution in [0.2, 0.25) is 0 Å². The summed E-state index contributed by atoms with van der Waals surface area (Å²) in [6.07, 6.45) is 18.7. The second-order valence-corrected chi connectivity index (χ2v) is 8.83. The highest BCUT2D eigenvalue weighted by atomic mass is 15.3. The highest BCUT2D eigenvalue weighted by Gasteiger charge is 2.34. The van der Waals surface area contributed by atoms with Gasteiger partial charge < -0.3 is 15.5 Å². The zero-order valence-corrected chi connectivity index (χ0v) is 16.9. The lowest BCUT2D eigenvalue weighted by Crippen LogP contribution is -2.55. The summed E-state index contributed by atoms with van der Waals surface area (Å²) < 4.78 is 0. The second kappa shape index (κ2) is 9.22. The minimum Gasteiger partial charge on any atom is -0.356 e. The van der Waals surface area contributed by atoms with Gasteiger partial charge in [0, 0.05) is 37.4 Å². The smallest absolute Gasteiger partial charge is 0.227 e. The summed E-state index contributed by atoms with van der Waals surface area (Å²) in [5.41, 5.74) is 6.62. The normalized spacial score (nSPS) is 28.0. The van der Waals surface area contributed by atoms with Crippen molar-refractivity contribution in [3.63, 3.8) is 0 Å². The van der Waals surface area contributed by atoms with E-state index in [-0.39, 0.29) is 6.04 Å². The molecular weight excluding hydrogens is 334 g/mol. The van der Waals surface area contributed by atoms with Crippen molar-refractivity contribution >= 4 is 11.8 Å². The maximum absolute atomic E-state index is 6.62. The quantitative estimate of drug-likeness (QED) is 0.857. The van der Waals surface area contributed by atoms with E-state index in [1.165, 1.54) is 77.0 Å². The van der Waals surface area contributed by atoms with Crippen LogP contribution >= 0.6 is 0 Å². The van der Waals surface area contributed by atoms with Crippen molar-refractivity contribution in [1.29, 1.82) is 0 Å². The first-order valence-electron chi connectivity index (χ1n) is 11.4. The molecule has 2 atom stereocenters. The molecule has 2 saturated carbocycles. The number of anilines is 2. The molecule has 27 heavy (non-hydrogen) atoms. The molecule has 0 unspecified atom stereocenters. The molecule has 5 heteroatoms. The summed E-state index contributed by atoms with van der Waals surface area (Å²) in [6.45, 7) is 2.26. The van der Waals surface area contributed by atoms with E-state index in [0.717, 1.165) is 31.3 Å². The van der Waals surface area contributed by atoms with E-state index in [1.54, 1.807) is 0 Å². The fourth-order valence-corrected chi connectivity index (χ4v) is 5.37. The van der Waals surface area contributed by atoms with Crippen LogP contribution in [0, 0.1) is 0 Å². The molecule has 3 fully saturated rings. The molecule has 5 nitrogen and oxygen atoms in total. The molecule has 150 valence electrons. The van der Waals surface area contributed by atoms with Gasteiger partial charge in [0.25, 0.3) is 0 Å². The molecular formula is C22H37N5. The zero-order valence-electron chi connectivity index (χ0n) is 16.9. The Labute approximate surface area is 164 Å². The van der Waals surface area contributed by atoms with E-state index in [0.29, 0.717) is 12.1 Å². The summed E-state index contributed by atoms with van der Waals surface area (Å²) >= 11 is 0. The van der Waals surface area contributed by atoms with Gasteiger partial charge in [-0.25, -0.2) is 4.98 Å². The minimum atomic E-state index is 0.256. The third kappa shape index (κ3) is 4.56. The number of hydrogen-bond donors (Lipinski definition) is 1. The Morgan fingerprint density at radius 2 is 1.52 bits per heavy atom. The fourth-order valence-electron chi connectivity index (χ4n) is 5.37. The van der Waals surface area contributed by atoms with Crippen molar-refractivity contribution in [1.82, 2.24) is 9.97 Å². The van der Waals surface area contributed by atoms with E-state index in [1.807, 2.05) is 6.20 Å². The van der Waals surface area contributed by atoms with E-state index >= 15 is 0 Å². The topological polar surface area (TPSA) is 58.3 Å². The van der Waals surface area contributed by atoms with Gasteiger partial charge in [-0.15, -0.1) is 0 Å². The second-order valence-electron chi connectivity index (χ2n) is 8.83. The average Bonchev–Trinajstić information content (AvgIpc) is 3.00. The number of nitrogens with zero attached hydrogens (tertiary/aromatic N) is 4. The first-order valence-corrected chi connectivity index (χ1v) is 11.4. The molecule has 0 spiro atoms. The van der Waals surface area contributed by atoms with Gasteiger partial charge in [-0.3, -0.25) is 0 Å². The number of hydrogen-bond acceptors (Lipinski definition) is 5. The van der Waals surface area contributed by atoms with Gasteiger partial charge in [0.05, 0.1) is 0 Å². The fraction of sp³-hybridized carbons (Fsp3) is 0.818. The maximum Gasteiger partial charge on any atom is 0.227 e. The Morgan fingerprint density at radius 1 is 0.852 bits per heavy atom. The van der Waals surface area contributed by atoms with Crippen molar-refractivity contribution in [2.24, 2.45) is 5.73 Å². The van der Waals surface area contributed by atoms with E-state index in [9.17, 15) is 0 Å². The molecule has 0 radical (unpaired) electrons. The van der Waals surface area contributed by atoms with Gasteiger partial charge >= 0.3 is 0 Å². The summed E-state index contributed by atoms with van der Waals surface area (Å²) in [5, 5.41) is 0. The maximum atomic E-state index is 6.62. The predicted octanol–water partition coefficient (Wildman–Crippen LogP) is 4.27. The van der Waals surface area contributed by atoms with Crippen molar-refractivity contribution in [2.75, 3.05) is 22.9 Å². The standard InChI is InChI=1S/C22H37N5/c23-19-12-6-7-13-20(19)27(18-10-4-3-5-11-18)22-24-15-14-21(25-22)26-16-8-1-2-9-17-26/h14-15,18-20H,1-13,16-17,23H2/t19-,20-/m1/s1. The Bertz CT molecular complexity index is 578. The van der Waals surface area contributed by atoms with E-state index in [2.05, 4.69) is 15.9 Å². The molecule has 1 aromatic heterocycles. The Kier molecular flexibility index (Phi) is 6.48. The van der Waals surface area contributed by atoms with Crippen LogP contribution in [-0.4, -0.2) is 41.2 Å². The minimum absolute atomic E-state index is 0.256. The zero-order chi connectivity index (χ0) is 18.5. The van der Waals surface area contributed by atoms with Crippen LogP contribution in [0.3, 0.4) is 0 Å². The van der Waals surface area contributed by atoms with E-state index < -0.39 is 0 Å². The van der Waals surface area contributed by atoms with Crippen LogP contribution in [0.4, 0.5) is 11.8 Å². The van der Waals surface area contributed by atoms with Gasteiger partial charge in [-0.1, -0.05) is 44.9 Å². The first kappa shape index (κ1) is 19.0. The molecule has 0 amide bonds. The average molecular weight is 372 g/mol. The summed E-state index contributed by atoms with van der Waals surface area (Å²) in [5.74, 6) is 2.05. The molecule has 3 aliphatic rings. The third-order valence-electron chi connectivity index (χ3n) is 6.90. The lowest BCUT2D eigenvalue weighted by atomic mass is 9.86. The number of nitrogens with two attached hydrogens (primary N) is 1. The lowest BCUT2D eigenvalue weighted by molar-refractivity contribution is 0.308. The monoisotopic (exact) mass is 371 g/mol. The molecule has 0 bridgehead atoms. The van der Waals surface area contributed by atoms with Gasteiger partial charge in [0.2, 0.25) is 5.95 Å². The van der Waals surface area contributed by atoms with Crippen molar-refractivity contribution < 1.29 is 0 Å². The van der Waals surface area contributed by atoms with Crippen LogP contribution in [0.1, 0.15) is 83.5 Å². The third-order valence-corrected chi connectivity index (χ3v) is 6.90. The molecule has 1 aliphatic heterocycles. The number of aromatic nitrogens is 2. The Morgan fingerprint density at radius 3 is 2.26 bits per heavy atom. The first-order chi connectivity index (χ1) is 13.3. The predicted molar refractivity (Wildman–Crippen MR) is 112 cm³/mol. The van der Waals surface area contributed by atoms with Gasteiger partial charge in [-0.05, 0) is 44.6 Å². The SMILES string of the molecule is N[C@@H]1CCCC[C@H]1N(c1nccc(N2CCCCCC2)n1)C1CCCCC1. The molecule has 2 heterocycles. The Hall–Kier alpha value is -1.36. The van der Waals surface area contributed by atoms with Crippen LogP contribution in [0.15, 0.2) is 12.3 Å². The summed E-state index contributed by atoms with van der Waals surface area (Å²) in [6, 6.07) is 3.33. The van der Waals surface area contributed by atoms with Crippen LogP contribution < -0.4 is 15.5 Å². The molecule has 2 N–H and O–H groups in total. The summed E-state index contributed by atoms with van der Waals surface area (Å²) in [7, 11) is 0. The van der Waals surface area contributed by atoms with Gasteiger partial charge in [-0.2, -0.15) is 4.98 Å². The van der Waals surface area contributed by atoms with E-state index in [4.69, 9.17) is 15.7 Å². The highest BCUT2D eigenvalue weighted by molar-refractivity contribution is 5.45. The largest absolute Gasteiger partial charge is 0.356 e. The highest BCUT2D eigenvalue weighted by Crippen LogP contribution is 2.33. The van der Waals surface area contributed by atoms with Crippen LogP contribution in [0.5, 0.6) is 0 Å². The molecule has 4 rings (SSSR count). The number of rotatable bonds is 4. The van der Waals surface area contributed by atoms with Crippen molar-refractivity contribution in [3.05, 3.63) is 12.3 Å². The van der Waals surface area contributed by atoms with Crippen LogP contribution in [0.25, 0.3) is 0 Å². The molecule has 0 aromatic carbocycles. The van der Waals surface area contributed by atoms with Crippen molar-refractivity contribution in [2.45, 2.75) is 102 Å². The molecule has 1 saturated heterocycles. The van der Waals surface area contributed by atoms with Gasteiger partial charge in [0.15, 0.2) is 0 Å². The molecule has 1 aromatic rings. The molecule has 2 aliphatic carbocycles. The Balaban J connectivity index is 1.61. The van der Waals surface area contributed by atoms with Crippen molar-refractivity contribution in [3.8, 4) is 0 Å². The summed E-state index contributed by atoms with van der Waals surface area (Å²) in [4.78, 5) is 14.9. The van der Waals surface area contributed by atoms with Gasteiger partial charge in [0.1, 0.15) is 5.82 Å². The lowest BCUT2D eigenvalue weighted by Gasteiger charge is -2.44.